The SMILES string of the molecule is COc1ccc(C(C)(O)C(CN2CCCC2)c2ccccc2)cc1. The van der Waals surface area contributed by atoms with E-state index < -0.39 is 5.60 Å². The highest BCUT2D eigenvalue weighted by molar-refractivity contribution is 5.35. The van der Waals surface area contributed by atoms with Crippen LogP contribution in [0.4, 0.5) is 0 Å². The second-order valence-electron chi connectivity index (χ2n) is 6.85. The Balaban J connectivity index is 1.92. The van der Waals surface area contributed by atoms with Gasteiger partial charge < -0.3 is 14.7 Å². The van der Waals surface area contributed by atoms with Crippen molar-refractivity contribution >= 4 is 0 Å². The molecule has 1 saturated heterocycles. The third-order valence-corrected chi connectivity index (χ3v) is 5.19. The lowest BCUT2D eigenvalue weighted by Gasteiger charge is -2.36. The van der Waals surface area contributed by atoms with Crippen molar-refractivity contribution in [2.75, 3.05) is 26.7 Å². The predicted molar refractivity (Wildman–Crippen MR) is 97.4 cm³/mol. The molecule has 3 rings (SSSR count). The van der Waals surface area contributed by atoms with Crippen molar-refractivity contribution in [1.82, 2.24) is 4.90 Å². The van der Waals surface area contributed by atoms with Crippen LogP contribution in [0.5, 0.6) is 5.75 Å². The molecular formula is C21H27NO2. The lowest BCUT2D eigenvalue weighted by Crippen LogP contribution is -2.38. The highest BCUT2D eigenvalue weighted by Gasteiger charge is 2.36. The maximum atomic E-state index is 11.5. The van der Waals surface area contributed by atoms with Crippen LogP contribution in [-0.4, -0.2) is 36.8 Å². The maximum absolute atomic E-state index is 11.5. The van der Waals surface area contributed by atoms with Crippen molar-refractivity contribution in [3.05, 3.63) is 65.7 Å². The number of likely N-dealkylation sites (tertiary alicyclic amines) is 1. The second-order valence-corrected chi connectivity index (χ2v) is 6.85. The van der Waals surface area contributed by atoms with E-state index in [4.69, 9.17) is 4.74 Å². The molecule has 0 amide bonds. The molecule has 0 aromatic heterocycles. The first-order valence-corrected chi connectivity index (χ1v) is 8.75. The fourth-order valence-corrected chi connectivity index (χ4v) is 3.65. The first-order chi connectivity index (χ1) is 11.6. The zero-order chi connectivity index (χ0) is 17.0. The Labute approximate surface area is 144 Å². The topological polar surface area (TPSA) is 32.7 Å². The molecule has 0 radical (unpaired) electrons. The number of hydrogen-bond acceptors (Lipinski definition) is 3. The molecule has 2 unspecified atom stereocenters. The Morgan fingerprint density at radius 2 is 1.67 bits per heavy atom. The molecule has 1 aliphatic heterocycles. The van der Waals surface area contributed by atoms with Crippen LogP contribution in [0.3, 0.4) is 0 Å². The van der Waals surface area contributed by atoms with Gasteiger partial charge in [-0.05, 0) is 56.1 Å². The number of nitrogens with zero attached hydrogens (tertiary/aromatic N) is 1. The Kier molecular flexibility index (Phi) is 5.22. The Morgan fingerprint density at radius 1 is 1.04 bits per heavy atom. The quantitative estimate of drug-likeness (QED) is 0.877. The van der Waals surface area contributed by atoms with Gasteiger partial charge in [-0.3, -0.25) is 0 Å². The lowest BCUT2D eigenvalue weighted by atomic mass is 9.78. The summed E-state index contributed by atoms with van der Waals surface area (Å²) < 4.78 is 5.24. The number of ether oxygens (including phenoxy) is 1. The van der Waals surface area contributed by atoms with E-state index in [1.807, 2.05) is 37.3 Å². The highest BCUT2D eigenvalue weighted by Crippen LogP contribution is 2.38. The molecule has 2 aromatic rings. The summed E-state index contributed by atoms with van der Waals surface area (Å²) in [6, 6.07) is 18.2. The molecule has 1 aliphatic rings. The van der Waals surface area contributed by atoms with Crippen molar-refractivity contribution in [2.45, 2.75) is 31.3 Å². The van der Waals surface area contributed by atoms with Gasteiger partial charge in [-0.25, -0.2) is 0 Å². The minimum absolute atomic E-state index is 0.0326. The van der Waals surface area contributed by atoms with Crippen molar-refractivity contribution in [2.24, 2.45) is 0 Å². The summed E-state index contributed by atoms with van der Waals surface area (Å²) in [6.45, 7) is 5.07. The van der Waals surface area contributed by atoms with Gasteiger partial charge in [0.1, 0.15) is 5.75 Å². The average molecular weight is 325 g/mol. The monoisotopic (exact) mass is 325 g/mol. The third kappa shape index (κ3) is 3.63. The zero-order valence-electron chi connectivity index (χ0n) is 14.6. The Bertz CT molecular complexity index is 631. The van der Waals surface area contributed by atoms with Gasteiger partial charge in [0.15, 0.2) is 0 Å². The standard InChI is InChI=1S/C21H27NO2/c1-21(23,18-10-12-19(24-2)13-11-18)20(16-22-14-6-7-15-22)17-8-4-3-5-9-17/h3-5,8-13,20,23H,6-7,14-16H2,1-2H3. The van der Waals surface area contributed by atoms with Crippen molar-refractivity contribution in [3.8, 4) is 5.75 Å². The van der Waals surface area contributed by atoms with Crippen molar-refractivity contribution in [1.29, 1.82) is 0 Å². The van der Waals surface area contributed by atoms with Crippen LogP contribution in [0, 0.1) is 0 Å². The summed E-state index contributed by atoms with van der Waals surface area (Å²) >= 11 is 0. The van der Waals surface area contributed by atoms with Crippen LogP contribution in [0.1, 0.15) is 36.8 Å². The van der Waals surface area contributed by atoms with Gasteiger partial charge >= 0.3 is 0 Å². The molecule has 24 heavy (non-hydrogen) atoms. The first-order valence-electron chi connectivity index (χ1n) is 8.75. The number of methoxy groups -OCH3 is 1. The third-order valence-electron chi connectivity index (χ3n) is 5.19. The second kappa shape index (κ2) is 7.37. The summed E-state index contributed by atoms with van der Waals surface area (Å²) in [5, 5.41) is 11.5. The van der Waals surface area contributed by atoms with Crippen LogP contribution in [0.25, 0.3) is 0 Å². The van der Waals surface area contributed by atoms with Gasteiger partial charge in [-0.2, -0.15) is 0 Å². The van der Waals surface area contributed by atoms with Gasteiger partial charge in [0.05, 0.1) is 12.7 Å². The molecule has 1 heterocycles. The highest BCUT2D eigenvalue weighted by atomic mass is 16.5. The van der Waals surface area contributed by atoms with E-state index in [9.17, 15) is 5.11 Å². The molecule has 1 N–H and O–H groups in total. The minimum atomic E-state index is -0.934. The van der Waals surface area contributed by atoms with Crippen LogP contribution in [-0.2, 0) is 5.60 Å². The van der Waals surface area contributed by atoms with Crippen molar-refractivity contribution in [3.63, 3.8) is 0 Å². The summed E-state index contributed by atoms with van der Waals surface area (Å²) in [7, 11) is 1.66. The van der Waals surface area contributed by atoms with Gasteiger partial charge in [0.25, 0.3) is 0 Å². The molecule has 0 bridgehead atoms. The average Bonchev–Trinajstić information content (AvgIpc) is 3.13. The van der Waals surface area contributed by atoms with Crippen LogP contribution < -0.4 is 4.74 Å². The van der Waals surface area contributed by atoms with E-state index in [0.717, 1.165) is 30.9 Å². The first kappa shape index (κ1) is 17.0. The fourth-order valence-electron chi connectivity index (χ4n) is 3.65. The van der Waals surface area contributed by atoms with Gasteiger partial charge in [0.2, 0.25) is 0 Å². The summed E-state index contributed by atoms with van der Waals surface area (Å²) in [5.41, 5.74) is 1.18. The summed E-state index contributed by atoms with van der Waals surface area (Å²) in [4.78, 5) is 2.47. The molecule has 3 heteroatoms. The van der Waals surface area contributed by atoms with E-state index in [0.29, 0.717) is 0 Å². The number of rotatable bonds is 6. The van der Waals surface area contributed by atoms with Gasteiger partial charge in [-0.15, -0.1) is 0 Å². The normalized spacial score (nSPS) is 19.0. The molecule has 3 nitrogen and oxygen atoms in total. The largest absolute Gasteiger partial charge is 0.497 e. The molecule has 128 valence electrons. The number of benzene rings is 2. The minimum Gasteiger partial charge on any atom is -0.497 e. The molecule has 1 fully saturated rings. The maximum Gasteiger partial charge on any atom is 0.118 e. The fraction of sp³-hybridized carbons (Fsp3) is 0.429. The van der Waals surface area contributed by atoms with Crippen LogP contribution in [0.2, 0.25) is 0 Å². The zero-order valence-corrected chi connectivity index (χ0v) is 14.6. The molecule has 2 aromatic carbocycles. The molecule has 0 spiro atoms. The van der Waals surface area contributed by atoms with Crippen LogP contribution >= 0.6 is 0 Å². The molecule has 0 saturated carbocycles. The lowest BCUT2D eigenvalue weighted by molar-refractivity contribution is 0.0153. The Hall–Kier alpha value is -1.84. The van der Waals surface area contributed by atoms with Gasteiger partial charge in [0, 0.05) is 12.5 Å². The smallest absolute Gasteiger partial charge is 0.118 e. The van der Waals surface area contributed by atoms with E-state index >= 15 is 0 Å². The number of aliphatic hydroxyl groups is 1. The predicted octanol–water partition coefficient (Wildman–Crippen LogP) is 3.78. The van der Waals surface area contributed by atoms with Gasteiger partial charge in [-0.1, -0.05) is 42.5 Å². The van der Waals surface area contributed by atoms with Crippen LogP contribution in [0.15, 0.2) is 54.6 Å². The van der Waals surface area contributed by atoms with E-state index in [1.165, 1.54) is 18.4 Å². The van der Waals surface area contributed by atoms with Crippen molar-refractivity contribution < 1.29 is 9.84 Å². The summed E-state index contributed by atoms with van der Waals surface area (Å²) in [5.74, 6) is 0.843. The molecule has 0 aliphatic carbocycles. The molecule has 2 atom stereocenters. The molecular weight excluding hydrogens is 298 g/mol. The summed E-state index contributed by atoms with van der Waals surface area (Å²) in [6.07, 6.45) is 2.51. The van der Waals surface area contributed by atoms with E-state index in [-0.39, 0.29) is 5.92 Å². The number of hydrogen-bond donors (Lipinski definition) is 1. The van der Waals surface area contributed by atoms with E-state index in [2.05, 4.69) is 29.2 Å². The van der Waals surface area contributed by atoms with E-state index in [1.54, 1.807) is 7.11 Å². The Morgan fingerprint density at radius 3 is 2.25 bits per heavy atom.